The van der Waals surface area contributed by atoms with Gasteiger partial charge in [-0.2, -0.15) is 5.10 Å². The number of hydrogen-bond donors (Lipinski definition) is 1. The van der Waals surface area contributed by atoms with Crippen LogP contribution in [0.1, 0.15) is 46.6 Å². The average molecular weight is 405 g/mol. The molecule has 3 rings (SSSR count). The SMILES string of the molecule is CCOC(=O)c1cnn(-c2ccccc2Cl)c1CNC(C)c1csc(C)n1. The van der Waals surface area contributed by atoms with Crippen molar-refractivity contribution in [3.05, 3.63) is 62.8 Å². The third kappa shape index (κ3) is 4.37. The summed E-state index contributed by atoms with van der Waals surface area (Å²) in [7, 11) is 0. The van der Waals surface area contributed by atoms with Gasteiger partial charge < -0.3 is 10.1 Å². The monoisotopic (exact) mass is 404 g/mol. The van der Waals surface area contributed by atoms with Gasteiger partial charge in [-0.25, -0.2) is 14.5 Å². The molecule has 1 atom stereocenters. The average Bonchev–Trinajstić information content (AvgIpc) is 3.26. The second kappa shape index (κ2) is 8.65. The number of carbonyl (C=O) groups excluding carboxylic acids is 1. The molecule has 0 aliphatic heterocycles. The Hall–Kier alpha value is -2.22. The first-order chi connectivity index (χ1) is 13.0. The standard InChI is InChI=1S/C19H21ClN4O2S/c1-4-26-19(25)14-9-22-24(17-8-6-5-7-15(17)20)18(14)10-21-12(2)16-11-27-13(3)23-16/h5-9,11-12,21H,4,10H2,1-3H3. The molecule has 142 valence electrons. The molecule has 6 nitrogen and oxygen atoms in total. The van der Waals surface area contributed by atoms with E-state index >= 15 is 0 Å². The number of hydrogen-bond acceptors (Lipinski definition) is 6. The largest absolute Gasteiger partial charge is 0.462 e. The fraction of sp³-hybridized carbons (Fsp3) is 0.316. The lowest BCUT2D eigenvalue weighted by molar-refractivity contribution is 0.0524. The molecule has 0 spiro atoms. The Labute approximate surface area is 167 Å². The van der Waals surface area contributed by atoms with Crippen molar-refractivity contribution < 1.29 is 9.53 Å². The van der Waals surface area contributed by atoms with Crippen LogP contribution in [0.4, 0.5) is 0 Å². The van der Waals surface area contributed by atoms with Gasteiger partial charge in [-0.15, -0.1) is 11.3 Å². The molecule has 2 aromatic heterocycles. The summed E-state index contributed by atoms with van der Waals surface area (Å²) in [5, 5.41) is 11.4. The molecule has 0 saturated carbocycles. The molecule has 0 saturated heterocycles. The van der Waals surface area contributed by atoms with E-state index in [4.69, 9.17) is 16.3 Å². The molecule has 0 aliphatic carbocycles. The molecule has 0 amide bonds. The van der Waals surface area contributed by atoms with Crippen molar-refractivity contribution in [1.29, 1.82) is 0 Å². The number of nitrogens with one attached hydrogen (secondary N) is 1. The highest BCUT2D eigenvalue weighted by Gasteiger charge is 2.21. The number of aryl methyl sites for hydroxylation is 1. The summed E-state index contributed by atoms with van der Waals surface area (Å²) in [6.07, 6.45) is 1.52. The lowest BCUT2D eigenvalue weighted by Gasteiger charge is -2.15. The quantitative estimate of drug-likeness (QED) is 0.594. The smallest absolute Gasteiger partial charge is 0.341 e. The molecule has 27 heavy (non-hydrogen) atoms. The summed E-state index contributed by atoms with van der Waals surface area (Å²) in [4.78, 5) is 16.9. The Bertz CT molecular complexity index is 937. The van der Waals surface area contributed by atoms with E-state index in [1.165, 1.54) is 6.20 Å². The van der Waals surface area contributed by atoms with Crippen LogP contribution in [0.5, 0.6) is 0 Å². The zero-order valence-corrected chi connectivity index (χ0v) is 17.0. The Morgan fingerprint density at radius 3 is 2.85 bits per heavy atom. The number of aromatic nitrogens is 3. The van der Waals surface area contributed by atoms with Crippen molar-refractivity contribution in [3.63, 3.8) is 0 Å². The van der Waals surface area contributed by atoms with E-state index in [1.807, 2.05) is 37.4 Å². The van der Waals surface area contributed by atoms with Crippen molar-refractivity contribution in [3.8, 4) is 5.69 Å². The highest BCUT2D eigenvalue weighted by Crippen LogP contribution is 2.24. The van der Waals surface area contributed by atoms with Gasteiger partial charge in [0.2, 0.25) is 0 Å². The molecule has 1 N–H and O–H groups in total. The maximum atomic E-state index is 12.4. The van der Waals surface area contributed by atoms with Gasteiger partial charge in [0.05, 0.1) is 39.9 Å². The molecule has 1 aromatic carbocycles. The zero-order valence-electron chi connectivity index (χ0n) is 15.4. The van der Waals surface area contributed by atoms with Gasteiger partial charge in [0, 0.05) is 18.0 Å². The van der Waals surface area contributed by atoms with Crippen LogP contribution in [0.2, 0.25) is 5.02 Å². The molecule has 0 fully saturated rings. The number of carbonyl (C=O) groups is 1. The fourth-order valence-electron chi connectivity index (χ4n) is 2.69. The third-order valence-corrected chi connectivity index (χ3v) is 5.21. The fourth-order valence-corrected chi connectivity index (χ4v) is 3.61. The van der Waals surface area contributed by atoms with E-state index in [9.17, 15) is 4.79 Å². The van der Waals surface area contributed by atoms with E-state index in [-0.39, 0.29) is 6.04 Å². The van der Waals surface area contributed by atoms with E-state index in [0.29, 0.717) is 35.1 Å². The number of ether oxygens (including phenoxy) is 1. The van der Waals surface area contributed by atoms with Gasteiger partial charge in [0.15, 0.2) is 0 Å². The molecule has 0 bridgehead atoms. The van der Waals surface area contributed by atoms with Gasteiger partial charge >= 0.3 is 5.97 Å². The first-order valence-corrected chi connectivity index (χ1v) is 9.91. The van der Waals surface area contributed by atoms with Crippen LogP contribution in [0.3, 0.4) is 0 Å². The summed E-state index contributed by atoms with van der Waals surface area (Å²) in [6, 6.07) is 7.41. The first kappa shape index (κ1) is 19.5. The second-order valence-electron chi connectivity index (χ2n) is 5.98. The Morgan fingerprint density at radius 2 is 2.19 bits per heavy atom. The highest BCUT2D eigenvalue weighted by atomic mass is 35.5. The third-order valence-electron chi connectivity index (χ3n) is 4.10. The van der Waals surface area contributed by atoms with Gasteiger partial charge in [0.1, 0.15) is 5.56 Å². The zero-order chi connectivity index (χ0) is 19.4. The predicted octanol–water partition coefficient (Wildman–Crippen LogP) is 4.32. The first-order valence-electron chi connectivity index (χ1n) is 8.65. The molecule has 8 heteroatoms. The van der Waals surface area contributed by atoms with Gasteiger partial charge in [-0.05, 0) is 32.9 Å². The van der Waals surface area contributed by atoms with Gasteiger partial charge in [-0.1, -0.05) is 23.7 Å². The molecule has 1 unspecified atom stereocenters. The number of benzene rings is 1. The number of esters is 1. The number of thiazole rings is 1. The van der Waals surface area contributed by atoms with Crippen LogP contribution in [-0.2, 0) is 11.3 Å². The Morgan fingerprint density at radius 1 is 1.41 bits per heavy atom. The summed E-state index contributed by atoms with van der Waals surface area (Å²) < 4.78 is 6.86. The topological polar surface area (TPSA) is 69.0 Å². The molecular weight excluding hydrogens is 384 g/mol. The molecular formula is C19H21ClN4O2S. The maximum absolute atomic E-state index is 12.4. The van der Waals surface area contributed by atoms with E-state index in [0.717, 1.165) is 10.7 Å². The van der Waals surface area contributed by atoms with Crippen molar-refractivity contribution in [1.82, 2.24) is 20.1 Å². The minimum atomic E-state index is -0.398. The summed E-state index contributed by atoms with van der Waals surface area (Å²) in [6.45, 7) is 6.51. The van der Waals surface area contributed by atoms with Crippen LogP contribution in [0, 0.1) is 6.92 Å². The minimum Gasteiger partial charge on any atom is -0.462 e. The van der Waals surface area contributed by atoms with Gasteiger partial charge in [0.25, 0.3) is 0 Å². The van der Waals surface area contributed by atoms with Gasteiger partial charge in [-0.3, -0.25) is 0 Å². The number of nitrogens with zero attached hydrogens (tertiary/aromatic N) is 3. The maximum Gasteiger partial charge on any atom is 0.341 e. The summed E-state index contributed by atoms with van der Waals surface area (Å²) >= 11 is 7.95. The molecule has 2 heterocycles. The Balaban J connectivity index is 1.91. The molecule has 0 radical (unpaired) electrons. The molecule has 0 aliphatic rings. The van der Waals surface area contributed by atoms with E-state index in [2.05, 4.69) is 15.4 Å². The highest BCUT2D eigenvalue weighted by molar-refractivity contribution is 7.09. The molecule has 3 aromatic rings. The number of para-hydroxylation sites is 1. The van der Waals surface area contributed by atoms with Crippen molar-refractivity contribution in [2.24, 2.45) is 0 Å². The van der Waals surface area contributed by atoms with Crippen LogP contribution in [-0.4, -0.2) is 27.3 Å². The summed E-state index contributed by atoms with van der Waals surface area (Å²) in [5.74, 6) is -0.398. The lowest BCUT2D eigenvalue weighted by Crippen LogP contribution is -2.22. The lowest BCUT2D eigenvalue weighted by atomic mass is 10.2. The van der Waals surface area contributed by atoms with Crippen molar-refractivity contribution in [2.75, 3.05) is 6.61 Å². The second-order valence-corrected chi connectivity index (χ2v) is 7.45. The predicted molar refractivity (Wildman–Crippen MR) is 107 cm³/mol. The normalized spacial score (nSPS) is 12.1. The van der Waals surface area contributed by atoms with E-state index in [1.54, 1.807) is 29.0 Å². The summed E-state index contributed by atoms with van der Waals surface area (Å²) in [5.41, 5.74) is 2.80. The number of rotatable bonds is 7. The van der Waals surface area contributed by atoms with E-state index < -0.39 is 5.97 Å². The van der Waals surface area contributed by atoms with Crippen molar-refractivity contribution in [2.45, 2.75) is 33.4 Å². The number of halogens is 1. The van der Waals surface area contributed by atoms with Crippen LogP contribution < -0.4 is 5.32 Å². The van der Waals surface area contributed by atoms with Crippen LogP contribution in [0.25, 0.3) is 5.69 Å². The minimum absolute atomic E-state index is 0.0274. The van der Waals surface area contributed by atoms with Crippen molar-refractivity contribution >= 4 is 28.9 Å². The Kier molecular flexibility index (Phi) is 6.26. The van der Waals surface area contributed by atoms with Crippen LogP contribution >= 0.6 is 22.9 Å². The van der Waals surface area contributed by atoms with Crippen LogP contribution in [0.15, 0.2) is 35.8 Å².